The van der Waals surface area contributed by atoms with E-state index in [0.717, 1.165) is 18.4 Å². The van der Waals surface area contributed by atoms with E-state index in [1.807, 2.05) is 0 Å². The third-order valence-corrected chi connectivity index (χ3v) is 10.6. The van der Waals surface area contributed by atoms with Crippen LogP contribution in [-0.2, 0) is 30.3 Å². The standard InChI is InChI=1S/C50H83N13O10/c1-11-12-25-54-43-59-39(52)38-40(60-43)63(44(67)58-38)33-34-20-22-35(23-21-34)41(65)56-32-37(64)57-36(19-13-14-24-51)42(66)53-26-17-30-61(46(69)72-49(5,6)7)28-15-16-29-62(47(70)73-50(8,9)10)31-18-27-55-45(68)71-48(2,3)4/h20-23,36H,11-19,24-33,51H2,1-10H3,(H,53,66)(H,55,68)(H,56,65)(H,57,64)(H,58,67)(H3,52,54,59,60)/t36-/m0/s1. The molecule has 6 amide bonds. The van der Waals surface area contributed by atoms with E-state index in [1.54, 1.807) is 96.4 Å². The maximum Gasteiger partial charge on any atom is 0.410 e. The molecule has 0 fully saturated rings. The number of rotatable bonds is 28. The monoisotopic (exact) mass is 1030 g/mol. The number of aromatic nitrogens is 4. The second-order valence-corrected chi connectivity index (χ2v) is 20.7. The van der Waals surface area contributed by atoms with Crippen molar-refractivity contribution in [2.45, 2.75) is 156 Å². The predicted molar refractivity (Wildman–Crippen MR) is 279 cm³/mol. The fourth-order valence-electron chi connectivity index (χ4n) is 7.05. The van der Waals surface area contributed by atoms with Gasteiger partial charge in [0.15, 0.2) is 17.0 Å². The predicted octanol–water partition coefficient (Wildman–Crippen LogP) is 5.39. The molecule has 408 valence electrons. The third kappa shape index (κ3) is 23.2. The topological polar surface area (TPSA) is 313 Å². The summed E-state index contributed by atoms with van der Waals surface area (Å²) in [6, 6.07) is 5.39. The van der Waals surface area contributed by atoms with Crippen LogP contribution < -0.4 is 38.1 Å². The van der Waals surface area contributed by atoms with Crippen LogP contribution >= 0.6 is 0 Å². The van der Waals surface area contributed by atoms with Crippen molar-refractivity contribution < 1.29 is 48.1 Å². The first-order valence-electron chi connectivity index (χ1n) is 25.3. The van der Waals surface area contributed by atoms with Gasteiger partial charge in [0.05, 0.1) is 13.1 Å². The van der Waals surface area contributed by atoms with Crippen molar-refractivity contribution in [2.75, 3.05) is 70.0 Å². The largest absolute Gasteiger partial charge is 0.480 e. The number of carbonyl (C=O) groups excluding carboxylic acids is 6. The number of ether oxygens (including phenoxy) is 3. The fourth-order valence-corrected chi connectivity index (χ4v) is 7.05. The molecule has 0 saturated carbocycles. The van der Waals surface area contributed by atoms with Crippen LogP contribution in [0.2, 0.25) is 0 Å². The summed E-state index contributed by atoms with van der Waals surface area (Å²) in [6.07, 6.45) is 3.77. The van der Waals surface area contributed by atoms with Gasteiger partial charge in [0.2, 0.25) is 17.8 Å². The number of amides is 6. The molecule has 2 heterocycles. The Hall–Kier alpha value is -6.65. The highest BCUT2D eigenvalue weighted by atomic mass is 16.6. The first-order valence-corrected chi connectivity index (χ1v) is 25.3. The smallest absolute Gasteiger partial charge is 0.410 e. The Bertz CT molecular complexity index is 2250. The summed E-state index contributed by atoms with van der Waals surface area (Å²) >= 11 is 0. The van der Waals surface area contributed by atoms with Crippen LogP contribution in [0.15, 0.2) is 24.3 Å². The van der Waals surface area contributed by atoms with E-state index in [9.17, 15) is 33.9 Å². The molecule has 0 spiro atoms. The molecule has 0 bridgehead atoms. The minimum atomic E-state index is -0.905. The van der Waals surface area contributed by atoms with E-state index in [4.69, 9.17) is 25.7 Å². The number of anilines is 2. The van der Waals surface area contributed by atoms with Crippen molar-refractivity contribution in [1.29, 1.82) is 0 Å². The third-order valence-electron chi connectivity index (χ3n) is 10.6. The van der Waals surface area contributed by atoms with Crippen LogP contribution in [0.3, 0.4) is 0 Å². The van der Waals surface area contributed by atoms with Gasteiger partial charge in [0.25, 0.3) is 11.9 Å². The van der Waals surface area contributed by atoms with E-state index >= 15 is 0 Å². The highest BCUT2D eigenvalue weighted by Crippen LogP contribution is 2.25. The molecule has 0 radical (unpaired) electrons. The van der Waals surface area contributed by atoms with Crippen LogP contribution in [0.1, 0.15) is 143 Å². The zero-order valence-electron chi connectivity index (χ0n) is 44.8. The zero-order valence-corrected chi connectivity index (χ0v) is 44.8. The Labute approximate surface area is 430 Å². The first-order chi connectivity index (χ1) is 34.3. The maximum absolute atomic E-state index is 13.5. The van der Waals surface area contributed by atoms with Crippen LogP contribution in [0.5, 0.6) is 6.01 Å². The minimum absolute atomic E-state index is 0.129. The summed E-state index contributed by atoms with van der Waals surface area (Å²) in [5.74, 6) is -1.04. The van der Waals surface area contributed by atoms with Gasteiger partial charge in [0, 0.05) is 51.4 Å². The summed E-state index contributed by atoms with van der Waals surface area (Å²) in [5, 5.41) is 24.7. The molecule has 23 nitrogen and oxygen atoms in total. The number of hydrogen-bond acceptors (Lipinski definition) is 16. The van der Waals surface area contributed by atoms with Crippen molar-refractivity contribution >= 4 is 58.9 Å². The minimum Gasteiger partial charge on any atom is -0.480 e. The Morgan fingerprint density at radius 2 is 1.26 bits per heavy atom. The summed E-state index contributed by atoms with van der Waals surface area (Å²) < 4.78 is 18.1. The van der Waals surface area contributed by atoms with Crippen molar-refractivity contribution in [3.63, 3.8) is 0 Å². The lowest BCUT2D eigenvalue weighted by atomic mass is 10.1. The molecule has 0 aliphatic carbocycles. The van der Waals surface area contributed by atoms with Crippen LogP contribution in [-0.4, -0.2) is 152 Å². The van der Waals surface area contributed by atoms with E-state index in [1.165, 1.54) is 4.57 Å². The van der Waals surface area contributed by atoms with E-state index in [2.05, 4.69) is 48.5 Å². The number of aromatic hydroxyl groups is 1. The van der Waals surface area contributed by atoms with Crippen LogP contribution in [0, 0.1) is 0 Å². The second-order valence-electron chi connectivity index (χ2n) is 20.7. The first kappa shape index (κ1) is 60.7. The van der Waals surface area contributed by atoms with Gasteiger partial charge in [0.1, 0.15) is 22.8 Å². The Morgan fingerprint density at radius 3 is 1.81 bits per heavy atom. The Balaban J connectivity index is 1.54. The molecule has 73 heavy (non-hydrogen) atoms. The molecule has 10 N–H and O–H groups in total. The zero-order chi connectivity index (χ0) is 54.4. The van der Waals surface area contributed by atoms with Crippen molar-refractivity contribution in [1.82, 2.24) is 50.6 Å². The summed E-state index contributed by atoms with van der Waals surface area (Å²) in [6.45, 7) is 20.7. The quantitative estimate of drug-likeness (QED) is 0.0334. The Kier molecular flexibility index (Phi) is 24.2. The number of fused-ring (bicyclic) bond motifs is 1. The number of nitrogen functional groups attached to an aromatic ring is 1. The average molecular weight is 1030 g/mol. The van der Waals surface area contributed by atoms with Crippen molar-refractivity contribution in [2.24, 2.45) is 5.73 Å². The number of imidazole rings is 1. The number of nitrogens with two attached hydrogens (primary N) is 2. The number of unbranched alkanes of at least 4 members (excludes halogenated alkanes) is 3. The van der Waals surface area contributed by atoms with Crippen molar-refractivity contribution in [3.8, 4) is 6.01 Å². The van der Waals surface area contributed by atoms with Gasteiger partial charge in [-0.25, -0.2) is 14.4 Å². The molecule has 1 atom stereocenters. The van der Waals surface area contributed by atoms with Gasteiger partial charge >= 0.3 is 18.3 Å². The van der Waals surface area contributed by atoms with Crippen LogP contribution in [0.4, 0.5) is 26.1 Å². The van der Waals surface area contributed by atoms with E-state index in [0.29, 0.717) is 95.8 Å². The lowest BCUT2D eigenvalue weighted by molar-refractivity contribution is -0.128. The highest BCUT2D eigenvalue weighted by Gasteiger charge is 2.26. The maximum atomic E-state index is 13.5. The molecule has 23 heteroatoms. The number of alkyl carbamates (subject to hydrolysis) is 1. The number of nitrogens with zero attached hydrogens (tertiary/aromatic N) is 6. The van der Waals surface area contributed by atoms with E-state index < -0.39 is 65.4 Å². The lowest BCUT2D eigenvalue weighted by Crippen LogP contribution is -2.50. The summed E-state index contributed by atoms with van der Waals surface area (Å²) in [7, 11) is 0. The molecular weight excluding hydrogens is 943 g/mol. The molecule has 0 unspecified atom stereocenters. The number of hydrogen-bond donors (Lipinski definition) is 8. The number of benzene rings is 1. The number of nitrogens with one attached hydrogen (secondary N) is 5. The SMILES string of the molecule is CCCCNc1nc(N)c2nc(O)n(Cc3ccc(C(=O)NCC(=O)N[C@@H](CCCCN)C(=O)NCCCN(CCCCN(CCCNC(=O)OC(C)(C)C)C(=O)OC(C)(C)C)C(=O)OC(C)(C)C)cc3)c2n1. The molecule has 2 aromatic heterocycles. The second kappa shape index (κ2) is 29.2. The van der Waals surface area contributed by atoms with E-state index in [-0.39, 0.29) is 42.5 Å². The molecular formula is C50H83N13O10. The Morgan fingerprint density at radius 1 is 0.699 bits per heavy atom. The molecule has 1 aromatic carbocycles. The van der Waals surface area contributed by atoms with Crippen molar-refractivity contribution in [3.05, 3.63) is 35.4 Å². The van der Waals surface area contributed by atoms with Gasteiger partial charge in [-0.15, -0.1) is 0 Å². The van der Waals surface area contributed by atoms with Gasteiger partial charge in [-0.2, -0.15) is 15.0 Å². The van der Waals surface area contributed by atoms with Gasteiger partial charge in [-0.3, -0.25) is 19.0 Å². The molecule has 0 saturated heterocycles. The lowest BCUT2D eigenvalue weighted by Gasteiger charge is -2.29. The average Bonchev–Trinajstić information content (AvgIpc) is 3.60. The normalized spacial score (nSPS) is 12.1. The number of carbonyl (C=O) groups is 6. The molecule has 3 aromatic rings. The summed E-state index contributed by atoms with van der Waals surface area (Å²) in [4.78, 5) is 94.3. The van der Waals surface area contributed by atoms with Gasteiger partial charge < -0.3 is 67.2 Å². The fraction of sp³-hybridized carbons (Fsp3) is 0.660. The molecule has 0 aliphatic heterocycles. The summed E-state index contributed by atoms with van der Waals surface area (Å²) in [5.41, 5.74) is 11.4. The van der Waals surface area contributed by atoms with Gasteiger partial charge in [-0.1, -0.05) is 25.5 Å². The highest BCUT2D eigenvalue weighted by molar-refractivity contribution is 5.97. The molecule has 0 aliphatic rings. The molecule has 3 rings (SSSR count). The van der Waals surface area contributed by atoms with Crippen LogP contribution in [0.25, 0.3) is 11.2 Å². The van der Waals surface area contributed by atoms with Gasteiger partial charge in [-0.05, 0) is 138 Å².